The van der Waals surface area contributed by atoms with Crippen molar-refractivity contribution in [3.63, 3.8) is 0 Å². The molecule has 0 aliphatic carbocycles. The van der Waals surface area contributed by atoms with E-state index in [0.717, 1.165) is 19.4 Å². The molecule has 2 nitrogen and oxygen atoms in total. The van der Waals surface area contributed by atoms with Crippen LogP contribution in [-0.2, 0) is 0 Å². The minimum absolute atomic E-state index is 0.0191. The van der Waals surface area contributed by atoms with E-state index in [0.29, 0.717) is 0 Å². The van der Waals surface area contributed by atoms with E-state index in [1.54, 1.807) is 0 Å². The van der Waals surface area contributed by atoms with E-state index in [4.69, 9.17) is 5.26 Å². The van der Waals surface area contributed by atoms with E-state index >= 15 is 0 Å². The summed E-state index contributed by atoms with van der Waals surface area (Å²) >= 11 is 0. The summed E-state index contributed by atoms with van der Waals surface area (Å²) in [6.45, 7) is 12.2. The van der Waals surface area contributed by atoms with Gasteiger partial charge in [-0.1, -0.05) is 0 Å². The number of likely N-dealkylation sites (tertiary alicyclic amines) is 1. The molecule has 1 fully saturated rings. The zero-order chi connectivity index (χ0) is 11.0. The average Bonchev–Trinajstić information content (AvgIpc) is 2.00. The lowest BCUT2D eigenvalue weighted by Gasteiger charge is -2.52. The molecule has 1 atom stereocenters. The third-order valence-electron chi connectivity index (χ3n) is 3.39. The molecule has 1 saturated heterocycles. The molecule has 1 unspecified atom stereocenters. The van der Waals surface area contributed by atoms with Gasteiger partial charge in [0.25, 0.3) is 0 Å². The summed E-state index contributed by atoms with van der Waals surface area (Å²) < 4.78 is 0. The number of hydrogen-bond acceptors (Lipinski definition) is 2. The summed E-state index contributed by atoms with van der Waals surface area (Å²) in [5, 5.41) is 9.13. The first-order valence-electron chi connectivity index (χ1n) is 5.47. The van der Waals surface area contributed by atoms with Crippen molar-refractivity contribution >= 4 is 0 Å². The molecule has 0 N–H and O–H groups in total. The predicted molar refractivity (Wildman–Crippen MR) is 58.9 cm³/mol. The second-order valence-electron chi connectivity index (χ2n) is 5.80. The van der Waals surface area contributed by atoms with E-state index in [1.807, 2.05) is 0 Å². The van der Waals surface area contributed by atoms with Crippen LogP contribution in [0.25, 0.3) is 0 Å². The Morgan fingerprint density at radius 2 is 1.93 bits per heavy atom. The van der Waals surface area contributed by atoms with Gasteiger partial charge in [-0.05, 0) is 54.0 Å². The molecule has 0 aromatic rings. The highest BCUT2D eigenvalue weighted by Gasteiger charge is 2.43. The van der Waals surface area contributed by atoms with Gasteiger partial charge in [-0.2, -0.15) is 5.26 Å². The van der Waals surface area contributed by atoms with Crippen molar-refractivity contribution in [1.29, 1.82) is 5.26 Å². The van der Waals surface area contributed by atoms with Crippen LogP contribution in [0.3, 0.4) is 0 Å². The Bertz CT molecular complexity index is 242. The first-order valence-corrected chi connectivity index (χ1v) is 5.47. The van der Waals surface area contributed by atoms with E-state index in [2.05, 4.69) is 45.6 Å². The lowest BCUT2D eigenvalue weighted by molar-refractivity contribution is -0.0251. The van der Waals surface area contributed by atoms with Crippen LogP contribution in [0, 0.1) is 17.2 Å². The summed E-state index contributed by atoms with van der Waals surface area (Å²) in [4.78, 5) is 2.47. The van der Waals surface area contributed by atoms with E-state index in [9.17, 15) is 0 Å². The monoisotopic (exact) mass is 194 g/mol. The summed E-state index contributed by atoms with van der Waals surface area (Å²) in [6.07, 6.45) is 2.20. The number of rotatable bonds is 0. The Morgan fingerprint density at radius 1 is 1.36 bits per heavy atom. The molecule has 2 heteroatoms. The van der Waals surface area contributed by atoms with Gasteiger partial charge in [0.05, 0.1) is 12.0 Å². The fourth-order valence-electron chi connectivity index (χ4n) is 2.71. The van der Waals surface area contributed by atoms with Crippen LogP contribution < -0.4 is 0 Å². The maximum Gasteiger partial charge on any atom is 0.0675 e. The van der Waals surface area contributed by atoms with Crippen molar-refractivity contribution in [3.8, 4) is 6.07 Å². The van der Waals surface area contributed by atoms with Gasteiger partial charge >= 0.3 is 0 Å². The minimum atomic E-state index is 0.0191. The molecule has 14 heavy (non-hydrogen) atoms. The summed E-state index contributed by atoms with van der Waals surface area (Å²) in [5.41, 5.74) is 0.185. The topological polar surface area (TPSA) is 27.0 Å². The smallest absolute Gasteiger partial charge is 0.0675 e. The highest BCUT2D eigenvalue weighted by atomic mass is 15.3. The first kappa shape index (κ1) is 11.5. The van der Waals surface area contributed by atoms with Crippen LogP contribution >= 0.6 is 0 Å². The molecule has 1 heterocycles. The van der Waals surface area contributed by atoms with Gasteiger partial charge in [-0.25, -0.2) is 0 Å². The van der Waals surface area contributed by atoms with Crippen LogP contribution in [0.15, 0.2) is 0 Å². The Hall–Kier alpha value is -0.550. The standard InChI is InChI=1S/C12H22N2/c1-11(2,3)14-8-6-7-10(9-13)12(14,4)5/h10H,6-8H2,1-5H3. The zero-order valence-electron chi connectivity index (χ0n) is 10.1. The van der Waals surface area contributed by atoms with Crippen molar-refractivity contribution in [2.45, 2.75) is 58.5 Å². The molecule has 1 aliphatic heterocycles. The highest BCUT2D eigenvalue weighted by Crippen LogP contribution is 2.37. The van der Waals surface area contributed by atoms with Gasteiger partial charge in [-0.15, -0.1) is 0 Å². The Balaban J connectivity index is 2.93. The molecule has 80 valence electrons. The lowest BCUT2D eigenvalue weighted by atomic mass is 9.77. The number of nitriles is 1. The molecule has 0 radical (unpaired) electrons. The zero-order valence-corrected chi connectivity index (χ0v) is 10.1. The van der Waals surface area contributed by atoms with Crippen molar-refractivity contribution in [1.82, 2.24) is 4.90 Å². The van der Waals surface area contributed by atoms with Gasteiger partial charge in [0.2, 0.25) is 0 Å². The highest BCUT2D eigenvalue weighted by molar-refractivity contribution is 5.05. The summed E-state index contributed by atoms with van der Waals surface area (Å²) in [5.74, 6) is 0.176. The van der Waals surface area contributed by atoms with Gasteiger partial charge in [0, 0.05) is 11.1 Å². The summed E-state index contributed by atoms with van der Waals surface area (Å²) in [6, 6.07) is 2.45. The molecule has 0 bridgehead atoms. The van der Waals surface area contributed by atoms with Crippen molar-refractivity contribution in [3.05, 3.63) is 0 Å². The third-order valence-corrected chi connectivity index (χ3v) is 3.39. The molecule has 0 amide bonds. The van der Waals surface area contributed by atoms with Crippen molar-refractivity contribution in [2.24, 2.45) is 5.92 Å². The third kappa shape index (κ3) is 1.93. The van der Waals surface area contributed by atoms with Crippen LogP contribution in [0.4, 0.5) is 0 Å². The van der Waals surface area contributed by atoms with Crippen LogP contribution in [-0.4, -0.2) is 22.5 Å². The lowest BCUT2D eigenvalue weighted by Crippen LogP contribution is -2.60. The van der Waals surface area contributed by atoms with Crippen LogP contribution in [0.2, 0.25) is 0 Å². The predicted octanol–water partition coefficient (Wildman–Crippen LogP) is 2.80. The fraction of sp³-hybridized carbons (Fsp3) is 0.917. The Kier molecular flexibility index (Phi) is 2.92. The quantitative estimate of drug-likeness (QED) is 0.593. The number of piperidine rings is 1. The molecule has 0 aromatic carbocycles. The van der Waals surface area contributed by atoms with E-state index < -0.39 is 0 Å². The molecule has 1 aliphatic rings. The molecule has 0 saturated carbocycles. The molecule has 0 aromatic heterocycles. The average molecular weight is 194 g/mol. The van der Waals surface area contributed by atoms with Crippen molar-refractivity contribution in [2.75, 3.05) is 6.54 Å². The normalized spacial score (nSPS) is 28.4. The van der Waals surface area contributed by atoms with Gasteiger partial charge in [0.15, 0.2) is 0 Å². The van der Waals surface area contributed by atoms with Gasteiger partial charge in [0.1, 0.15) is 0 Å². The Labute approximate surface area is 87.9 Å². The number of hydrogen-bond donors (Lipinski definition) is 0. The van der Waals surface area contributed by atoms with Gasteiger partial charge < -0.3 is 0 Å². The second kappa shape index (κ2) is 3.55. The molecular formula is C12H22N2. The van der Waals surface area contributed by atoms with E-state index in [1.165, 1.54) is 0 Å². The largest absolute Gasteiger partial charge is 0.292 e. The SMILES string of the molecule is CC(C)(C)N1CCCC(C#N)C1(C)C. The fourth-order valence-corrected chi connectivity index (χ4v) is 2.71. The maximum atomic E-state index is 9.13. The van der Waals surface area contributed by atoms with E-state index in [-0.39, 0.29) is 17.0 Å². The molecular weight excluding hydrogens is 172 g/mol. The second-order valence-corrected chi connectivity index (χ2v) is 5.80. The first-order chi connectivity index (χ1) is 6.30. The maximum absolute atomic E-state index is 9.13. The summed E-state index contributed by atoms with van der Waals surface area (Å²) in [7, 11) is 0. The minimum Gasteiger partial charge on any atom is -0.292 e. The van der Waals surface area contributed by atoms with Crippen LogP contribution in [0.1, 0.15) is 47.5 Å². The number of nitrogens with zero attached hydrogens (tertiary/aromatic N) is 2. The van der Waals surface area contributed by atoms with Crippen molar-refractivity contribution < 1.29 is 0 Å². The molecule has 1 rings (SSSR count). The Morgan fingerprint density at radius 3 is 2.36 bits per heavy atom. The molecule has 0 spiro atoms. The van der Waals surface area contributed by atoms with Gasteiger partial charge in [-0.3, -0.25) is 4.90 Å². The van der Waals surface area contributed by atoms with Crippen LogP contribution in [0.5, 0.6) is 0 Å².